The van der Waals surface area contributed by atoms with Crippen molar-refractivity contribution in [2.45, 2.75) is 12.8 Å². The number of hydrogen-bond donors (Lipinski definition) is 1. The van der Waals surface area contributed by atoms with Gasteiger partial charge < -0.3 is 4.74 Å². The molecule has 98 valence electrons. The molecule has 0 aliphatic carbocycles. The first kappa shape index (κ1) is 13.0. The highest BCUT2D eigenvalue weighted by Gasteiger charge is 2.02. The molecule has 0 fully saturated rings. The molecule has 1 heterocycles. The summed E-state index contributed by atoms with van der Waals surface area (Å²) in [6, 6.07) is 11.1. The summed E-state index contributed by atoms with van der Waals surface area (Å²) in [5.41, 5.74) is 1.67. The van der Waals surface area contributed by atoms with E-state index in [2.05, 4.69) is 15.3 Å². The first-order chi connectivity index (χ1) is 9.34. The van der Waals surface area contributed by atoms with E-state index in [4.69, 9.17) is 4.74 Å². The molecule has 0 spiro atoms. The fraction of sp³-hybridized carbons (Fsp3) is 0.214. The molecule has 19 heavy (non-hydrogen) atoms. The Hall–Kier alpha value is -2.43. The van der Waals surface area contributed by atoms with E-state index in [9.17, 15) is 4.79 Å². The minimum absolute atomic E-state index is 0.364. The lowest BCUT2D eigenvalue weighted by Crippen LogP contribution is -2.14. The quantitative estimate of drug-likeness (QED) is 0.836. The van der Waals surface area contributed by atoms with Crippen LogP contribution in [0.2, 0.25) is 0 Å². The Morgan fingerprint density at radius 3 is 2.79 bits per heavy atom. The van der Waals surface area contributed by atoms with E-state index in [1.54, 1.807) is 6.20 Å². The normalized spacial score (nSPS) is 9.89. The monoisotopic (exact) mass is 257 g/mol. The number of carbonyl (C=O) groups excluding carboxylic acids is 1. The highest BCUT2D eigenvalue weighted by atomic mass is 16.5. The van der Waals surface area contributed by atoms with Crippen molar-refractivity contribution in [3.05, 3.63) is 54.6 Å². The molecule has 0 unspecified atom stereocenters. The third-order valence-corrected chi connectivity index (χ3v) is 2.47. The van der Waals surface area contributed by atoms with E-state index in [0.717, 1.165) is 24.2 Å². The zero-order valence-electron chi connectivity index (χ0n) is 10.5. The highest BCUT2D eigenvalue weighted by Crippen LogP contribution is 2.05. The lowest BCUT2D eigenvalue weighted by molar-refractivity contribution is 0.160. The molecule has 1 N–H and O–H groups in total. The predicted octanol–water partition coefficient (Wildman–Crippen LogP) is 2.66. The Bertz CT molecular complexity index is 503. The van der Waals surface area contributed by atoms with Crippen LogP contribution in [-0.2, 0) is 11.2 Å². The summed E-state index contributed by atoms with van der Waals surface area (Å²) in [7, 11) is 0. The topological polar surface area (TPSA) is 64.1 Å². The fourth-order valence-electron chi connectivity index (χ4n) is 1.56. The Balaban J connectivity index is 1.65. The van der Waals surface area contributed by atoms with Gasteiger partial charge in [-0.3, -0.25) is 5.32 Å². The molecule has 2 rings (SSSR count). The number of aromatic nitrogens is 2. The molecule has 0 bridgehead atoms. The molecule has 2 aromatic rings. The smallest absolute Gasteiger partial charge is 0.411 e. The molecule has 1 amide bonds. The van der Waals surface area contributed by atoms with Crippen molar-refractivity contribution in [3.63, 3.8) is 0 Å². The first-order valence-electron chi connectivity index (χ1n) is 6.08. The van der Waals surface area contributed by atoms with Crippen molar-refractivity contribution < 1.29 is 9.53 Å². The van der Waals surface area contributed by atoms with Gasteiger partial charge in [0.15, 0.2) is 0 Å². The van der Waals surface area contributed by atoms with Gasteiger partial charge in [-0.1, -0.05) is 18.2 Å². The second-order valence-corrected chi connectivity index (χ2v) is 3.93. The van der Waals surface area contributed by atoms with Crippen LogP contribution in [0.3, 0.4) is 0 Å². The lowest BCUT2D eigenvalue weighted by atomic mass is 10.2. The molecule has 0 aliphatic heterocycles. The highest BCUT2D eigenvalue weighted by molar-refractivity contribution is 5.84. The number of aryl methyl sites for hydroxylation is 1. The summed E-state index contributed by atoms with van der Waals surface area (Å²) in [5, 5.41) is 2.65. The third-order valence-electron chi connectivity index (χ3n) is 2.47. The fourth-order valence-corrected chi connectivity index (χ4v) is 1.56. The number of rotatable bonds is 5. The first-order valence-corrected chi connectivity index (χ1v) is 6.08. The van der Waals surface area contributed by atoms with E-state index < -0.39 is 6.09 Å². The van der Waals surface area contributed by atoms with Gasteiger partial charge in [-0.05, 0) is 31.0 Å². The van der Waals surface area contributed by atoms with Crippen LogP contribution in [-0.4, -0.2) is 22.7 Å². The largest absolute Gasteiger partial charge is 0.449 e. The van der Waals surface area contributed by atoms with Gasteiger partial charge in [-0.25, -0.2) is 14.8 Å². The summed E-state index contributed by atoms with van der Waals surface area (Å²) in [6.45, 7) is 0.364. The average Bonchev–Trinajstić information content (AvgIpc) is 2.46. The number of para-hydroxylation sites is 1. The number of nitrogens with one attached hydrogen (secondary N) is 1. The van der Waals surface area contributed by atoms with E-state index in [-0.39, 0.29) is 0 Å². The number of ether oxygens (including phenoxy) is 1. The summed E-state index contributed by atoms with van der Waals surface area (Å²) < 4.78 is 5.07. The molecule has 1 aromatic carbocycles. The van der Waals surface area contributed by atoms with Crippen LogP contribution >= 0.6 is 0 Å². The Morgan fingerprint density at radius 2 is 2.05 bits per heavy atom. The summed E-state index contributed by atoms with van der Waals surface area (Å²) in [6.07, 6.45) is 4.28. The average molecular weight is 257 g/mol. The maximum atomic E-state index is 11.5. The Kier molecular flexibility index (Phi) is 4.87. The zero-order chi connectivity index (χ0) is 13.3. The van der Waals surface area contributed by atoms with Gasteiger partial charge in [0.05, 0.1) is 6.61 Å². The standard InChI is InChI=1S/C14H15N3O2/c18-14(17-13-5-2-1-3-6-13)19-10-4-7-12-8-9-15-11-16-12/h1-3,5-6,8-9,11H,4,7,10H2,(H,17,18). The minimum atomic E-state index is -0.436. The summed E-state index contributed by atoms with van der Waals surface area (Å²) in [5.74, 6) is 0. The molecule has 5 heteroatoms. The number of nitrogens with zero attached hydrogens (tertiary/aromatic N) is 2. The molecular formula is C14H15N3O2. The third kappa shape index (κ3) is 4.75. The molecule has 0 radical (unpaired) electrons. The van der Waals surface area contributed by atoms with E-state index in [0.29, 0.717) is 6.61 Å². The van der Waals surface area contributed by atoms with Crippen molar-refractivity contribution in [2.24, 2.45) is 0 Å². The van der Waals surface area contributed by atoms with Gasteiger partial charge in [-0.15, -0.1) is 0 Å². The van der Waals surface area contributed by atoms with Crippen molar-refractivity contribution >= 4 is 11.8 Å². The molecule has 0 atom stereocenters. The maximum absolute atomic E-state index is 11.5. The predicted molar refractivity (Wildman–Crippen MR) is 71.8 cm³/mol. The van der Waals surface area contributed by atoms with Gasteiger partial charge >= 0.3 is 6.09 Å². The number of carbonyl (C=O) groups is 1. The van der Waals surface area contributed by atoms with E-state index >= 15 is 0 Å². The Labute approximate surface area is 111 Å². The van der Waals surface area contributed by atoms with Gasteiger partial charge in [0, 0.05) is 17.6 Å². The van der Waals surface area contributed by atoms with Crippen molar-refractivity contribution in [1.29, 1.82) is 0 Å². The van der Waals surface area contributed by atoms with Crippen LogP contribution in [0.1, 0.15) is 12.1 Å². The van der Waals surface area contributed by atoms with Crippen LogP contribution < -0.4 is 5.32 Å². The van der Waals surface area contributed by atoms with Gasteiger partial charge in [0.1, 0.15) is 6.33 Å². The van der Waals surface area contributed by atoms with Gasteiger partial charge in [0.2, 0.25) is 0 Å². The molecule has 0 saturated carbocycles. The number of hydrogen-bond acceptors (Lipinski definition) is 4. The van der Waals surface area contributed by atoms with Crippen molar-refractivity contribution in [1.82, 2.24) is 9.97 Å². The van der Waals surface area contributed by atoms with Crippen LogP contribution in [0.15, 0.2) is 48.9 Å². The zero-order valence-corrected chi connectivity index (χ0v) is 10.5. The molecule has 0 saturated heterocycles. The second kappa shape index (κ2) is 7.10. The van der Waals surface area contributed by atoms with Crippen molar-refractivity contribution in [3.8, 4) is 0 Å². The maximum Gasteiger partial charge on any atom is 0.411 e. The minimum Gasteiger partial charge on any atom is -0.449 e. The van der Waals surface area contributed by atoms with Crippen LogP contribution in [0.5, 0.6) is 0 Å². The van der Waals surface area contributed by atoms with Crippen LogP contribution in [0, 0.1) is 0 Å². The van der Waals surface area contributed by atoms with Gasteiger partial charge in [0.25, 0.3) is 0 Å². The molecule has 5 nitrogen and oxygen atoms in total. The SMILES string of the molecule is O=C(Nc1ccccc1)OCCCc1ccncn1. The van der Waals surface area contributed by atoms with Crippen LogP contribution in [0.25, 0.3) is 0 Å². The van der Waals surface area contributed by atoms with E-state index in [1.807, 2.05) is 36.4 Å². The second-order valence-electron chi connectivity index (χ2n) is 3.93. The van der Waals surface area contributed by atoms with E-state index in [1.165, 1.54) is 6.33 Å². The molecule has 1 aromatic heterocycles. The molecular weight excluding hydrogens is 242 g/mol. The number of amides is 1. The summed E-state index contributed by atoms with van der Waals surface area (Å²) >= 11 is 0. The van der Waals surface area contributed by atoms with Crippen LogP contribution in [0.4, 0.5) is 10.5 Å². The Morgan fingerprint density at radius 1 is 1.21 bits per heavy atom. The van der Waals surface area contributed by atoms with Crippen molar-refractivity contribution in [2.75, 3.05) is 11.9 Å². The van der Waals surface area contributed by atoms with Gasteiger partial charge in [-0.2, -0.15) is 0 Å². The number of benzene rings is 1. The lowest BCUT2D eigenvalue weighted by Gasteiger charge is -2.06. The number of anilines is 1. The molecule has 0 aliphatic rings. The summed E-state index contributed by atoms with van der Waals surface area (Å²) in [4.78, 5) is 19.4.